The summed E-state index contributed by atoms with van der Waals surface area (Å²) in [6.45, 7) is 0.494. The van der Waals surface area contributed by atoms with Gasteiger partial charge in [-0.1, -0.05) is 18.2 Å². The first-order chi connectivity index (χ1) is 12.3. The van der Waals surface area contributed by atoms with Gasteiger partial charge in [0.25, 0.3) is 5.91 Å². The van der Waals surface area contributed by atoms with Crippen LogP contribution in [0.3, 0.4) is 0 Å². The summed E-state index contributed by atoms with van der Waals surface area (Å²) in [5, 5.41) is 13.9. The zero-order valence-corrected chi connectivity index (χ0v) is 13.3. The van der Waals surface area contributed by atoms with Crippen LogP contribution in [-0.4, -0.2) is 42.6 Å². The summed E-state index contributed by atoms with van der Waals surface area (Å²) >= 11 is 0. The van der Waals surface area contributed by atoms with E-state index in [0.29, 0.717) is 18.5 Å². The molecular weight excluding hydrogens is 318 g/mol. The molecule has 124 valence electrons. The second-order valence-corrected chi connectivity index (χ2v) is 5.51. The van der Waals surface area contributed by atoms with E-state index in [1.165, 1.54) is 11.0 Å². The molecule has 8 heteroatoms. The predicted molar refractivity (Wildman–Crippen MR) is 91.3 cm³/mol. The molecule has 0 aliphatic carbocycles. The maximum atomic E-state index is 12.3. The van der Waals surface area contributed by atoms with Crippen LogP contribution < -0.4 is 5.32 Å². The number of nitrogens with zero attached hydrogens (tertiary/aromatic N) is 5. The SMILES string of the molecule is O=C(NCCc1nc2ccccc2[nH]1)c1cccc(-n2cnnn2)c1. The first-order valence-electron chi connectivity index (χ1n) is 7.85. The van der Waals surface area contributed by atoms with Gasteiger partial charge in [0.2, 0.25) is 0 Å². The fraction of sp³-hybridized carbons (Fsp3) is 0.118. The molecule has 0 atom stereocenters. The summed E-state index contributed by atoms with van der Waals surface area (Å²) < 4.78 is 1.51. The third-order valence-electron chi connectivity index (χ3n) is 3.81. The normalized spacial score (nSPS) is 10.9. The Labute approximate surface area is 142 Å². The first-order valence-corrected chi connectivity index (χ1v) is 7.85. The van der Waals surface area contributed by atoms with E-state index >= 15 is 0 Å². The van der Waals surface area contributed by atoms with Crippen molar-refractivity contribution in [2.45, 2.75) is 6.42 Å². The van der Waals surface area contributed by atoms with E-state index < -0.39 is 0 Å². The van der Waals surface area contributed by atoms with Crippen LogP contribution in [0.4, 0.5) is 0 Å². The number of carbonyl (C=O) groups excluding carboxylic acids is 1. The standard InChI is InChI=1S/C17H15N7O/c25-17(12-4-3-5-13(10-12)24-11-19-22-23-24)18-9-8-16-20-14-6-1-2-7-15(14)21-16/h1-7,10-11H,8-9H2,(H,18,25)(H,20,21). The van der Waals surface area contributed by atoms with Crippen LogP contribution in [0, 0.1) is 0 Å². The minimum Gasteiger partial charge on any atom is -0.352 e. The van der Waals surface area contributed by atoms with Crippen molar-refractivity contribution in [3.05, 3.63) is 66.2 Å². The van der Waals surface area contributed by atoms with Crippen molar-refractivity contribution in [2.24, 2.45) is 0 Å². The van der Waals surface area contributed by atoms with Gasteiger partial charge in [0.15, 0.2) is 0 Å². The summed E-state index contributed by atoms with van der Waals surface area (Å²) in [6, 6.07) is 15.0. The number of carbonyl (C=O) groups is 1. The number of H-pyrrole nitrogens is 1. The highest BCUT2D eigenvalue weighted by Crippen LogP contribution is 2.11. The van der Waals surface area contributed by atoms with Crippen LogP contribution in [0.5, 0.6) is 0 Å². The van der Waals surface area contributed by atoms with Crippen LogP contribution >= 0.6 is 0 Å². The lowest BCUT2D eigenvalue weighted by molar-refractivity contribution is 0.0954. The number of hydrogen-bond donors (Lipinski definition) is 2. The minimum atomic E-state index is -0.147. The van der Waals surface area contributed by atoms with Crippen molar-refractivity contribution in [3.63, 3.8) is 0 Å². The number of fused-ring (bicyclic) bond motifs is 1. The van der Waals surface area contributed by atoms with Crippen molar-refractivity contribution in [3.8, 4) is 5.69 Å². The Balaban J connectivity index is 1.39. The van der Waals surface area contributed by atoms with Crippen LogP contribution in [0.2, 0.25) is 0 Å². The summed E-state index contributed by atoms with van der Waals surface area (Å²) in [4.78, 5) is 20.1. The molecule has 2 N–H and O–H groups in total. The van der Waals surface area contributed by atoms with Crippen molar-refractivity contribution in [2.75, 3.05) is 6.54 Å². The molecule has 0 unspecified atom stereocenters. The van der Waals surface area contributed by atoms with Crippen molar-refractivity contribution in [1.29, 1.82) is 0 Å². The number of nitrogens with one attached hydrogen (secondary N) is 2. The van der Waals surface area contributed by atoms with Gasteiger partial charge in [0.1, 0.15) is 12.2 Å². The number of hydrogen-bond acceptors (Lipinski definition) is 5. The number of tetrazole rings is 1. The number of amides is 1. The van der Waals surface area contributed by atoms with Gasteiger partial charge >= 0.3 is 0 Å². The second-order valence-electron chi connectivity index (χ2n) is 5.51. The molecule has 2 heterocycles. The summed E-state index contributed by atoms with van der Waals surface area (Å²) in [5.41, 5.74) is 3.21. The molecule has 2 aromatic heterocycles. The van der Waals surface area contributed by atoms with E-state index in [4.69, 9.17) is 0 Å². The Morgan fingerprint density at radius 1 is 1.16 bits per heavy atom. The molecule has 0 saturated carbocycles. The Morgan fingerprint density at radius 2 is 2.08 bits per heavy atom. The largest absolute Gasteiger partial charge is 0.352 e. The molecule has 2 aromatic carbocycles. The van der Waals surface area contributed by atoms with Crippen molar-refractivity contribution < 1.29 is 4.79 Å². The topological polar surface area (TPSA) is 101 Å². The van der Waals surface area contributed by atoms with E-state index in [9.17, 15) is 4.79 Å². The number of para-hydroxylation sites is 2. The van der Waals surface area contributed by atoms with E-state index in [-0.39, 0.29) is 5.91 Å². The average molecular weight is 333 g/mol. The molecule has 0 aliphatic heterocycles. The van der Waals surface area contributed by atoms with Gasteiger partial charge in [0, 0.05) is 18.5 Å². The molecule has 25 heavy (non-hydrogen) atoms. The lowest BCUT2D eigenvalue weighted by Crippen LogP contribution is -2.26. The third-order valence-corrected chi connectivity index (χ3v) is 3.81. The zero-order valence-electron chi connectivity index (χ0n) is 13.3. The highest BCUT2D eigenvalue weighted by molar-refractivity contribution is 5.94. The molecule has 4 aromatic rings. The Morgan fingerprint density at radius 3 is 2.92 bits per heavy atom. The molecule has 8 nitrogen and oxygen atoms in total. The highest BCUT2D eigenvalue weighted by Gasteiger charge is 2.08. The van der Waals surface area contributed by atoms with Gasteiger partial charge in [-0.3, -0.25) is 4.79 Å². The minimum absolute atomic E-state index is 0.147. The van der Waals surface area contributed by atoms with Crippen LogP contribution in [-0.2, 0) is 6.42 Å². The lowest BCUT2D eigenvalue weighted by Gasteiger charge is -2.06. The van der Waals surface area contributed by atoms with Gasteiger partial charge in [-0.2, -0.15) is 0 Å². The molecule has 0 bridgehead atoms. The number of imidazole rings is 1. The Hall–Kier alpha value is -3.55. The molecule has 4 rings (SSSR count). The Kier molecular flexibility index (Phi) is 3.91. The van der Waals surface area contributed by atoms with E-state index in [1.807, 2.05) is 30.3 Å². The Bertz CT molecular complexity index is 974. The lowest BCUT2D eigenvalue weighted by atomic mass is 10.2. The van der Waals surface area contributed by atoms with Crippen LogP contribution in [0.15, 0.2) is 54.9 Å². The molecule has 0 spiro atoms. The molecule has 0 saturated heterocycles. The number of aromatic nitrogens is 6. The van der Waals surface area contributed by atoms with Crippen LogP contribution in [0.25, 0.3) is 16.7 Å². The smallest absolute Gasteiger partial charge is 0.251 e. The maximum absolute atomic E-state index is 12.3. The molecule has 0 radical (unpaired) electrons. The van der Waals surface area contributed by atoms with E-state index in [0.717, 1.165) is 22.5 Å². The number of rotatable bonds is 5. The van der Waals surface area contributed by atoms with Crippen LogP contribution in [0.1, 0.15) is 16.2 Å². The number of benzene rings is 2. The zero-order chi connectivity index (χ0) is 17.1. The quantitative estimate of drug-likeness (QED) is 0.576. The fourth-order valence-corrected chi connectivity index (χ4v) is 2.59. The van der Waals surface area contributed by atoms with E-state index in [1.54, 1.807) is 18.2 Å². The van der Waals surface area contributed by atoms with Gasteiger partial charge in [-0.15, -0.1) is 5.10 Å². The summed E-state index contributed by atoms with van der Waals surface area (Å²) in [5.74, 6) is 0.704. The first kappa shape index (κ1) is 15.0. The van der Waals surface area contributed by atoms with Gasteiger partial charge in [-0.25, -0.2) is 9.67 Å². The monoisotopic (exact) mass is 333 g/mol. The van der Waals surface area contributed by atoms with Gasteiger partial charge in [-0.05, 0) is 40.8 Å². The average Bonchev–Trinajstić information content (AvgIpc) is 3.31. The summed E-state index contributed by atoms with van der Waals surface area (Å²) in [7, 11) is 0. The number of aromatic amines is 1. The molecule has 0 fully saturated rings. The van der Waals surface area contributed by atoms with Gasteiger partial charge < -0.3 is 10.3 Å². The summed E-state index contributed by atoms with van der Waals surface area (Å²) in [6.07, 6.45) is 2.12. The fourth-order valence-electron chi connectivity index (χ4n) is 2.59. The highest BCUT2D eigenvalue weighted by atomic mass is 16.1. The molecule has 0 aliphatic rings. The van der Waals surface area contributed by atoms with Crippen molar-refractivity contribution in [1.82, 2.24) is 35.5 Å². The predicted octanol–water partition coefficient (Wildman–Crippen LogP) is 1.51. The molecule has 1 amide bonds. The maximum Gasteiger partial charge on any atom is 0.251 e. The third kappa shape index (κ3) is 3.23. The van der Waals surface area contributed by atoms with Crippen molar-refractivity contribution >= 4 is 16.9 Å². The molecular formula is C17H15N7O. The van der Waals surface area contributed by atoms with E-state index in [2.05, 4.69) is 30.8 Å². The second kappa shape index (κ2) is 6.52. The van der Waals surface area contributed by atoms with Gasteiger partial charge in [0.05, 0.1) is 16.7 Å².